The summed E-state index contributed by atoms with van der Waals surface area (Å²) in [5, 5.41) is 3.29. The highest BCUT2D eigenvalue weighted by molar-refractivity contribution is 7.92. The fourth-order valence-electron chi connectivity index (χ4n) is 3.31. The maximum Gasteiger partial charge on any atom is 0.244 e. The second-order valence-corrected chi connectivity index (χ2v) is 10.2. The maximum atomic E-state index is 13.5. The number of ether oxygens (including phenoxy) is 1. The molecule has 0 aromatic heterocycles. The molecule has 1 atom stereocenters. The summed E-state index contributed by atoms with van der Waals surface area (Å²) >= 11 is 6.31. The highest BCUT2D eigenvalue weighted by Gasteiger charge is 2.30. The predicted molar refractivity (Wildman–Crippen MR) is 135 cm³/mol. The molecule has 0 aliphatic carbocycles. The number of amides is 2. The van der Waals surface area contributed by atoms with Crippen LogP contribution in [0, 0.1) is 0 Å². The Hall–Kier alpha value is -2.78. The molecule has 2 aromatic rings. The zero-order valence-electron chi connectivity index (χ0n) is 20.0. The van der Waals surface area contributed by atoms with Crippen LogP contribution < -0.4 is 14.4 Å². The number of unbranched alkanes of at least 4 members (excludes halogenated alkanes) is 1. The van der Waals surface area contributed by atoms with Gasteiger partial charge >= 0.3 is 0 Å². The van der Waals surface area contributed by atoms with Crippen LogP contribution in [0.3, 0.4) is 0 Å². The van der Waals surface area contributed by atoms with E-state index in [9.17, 15) is 18.0 Å². The Kier molecular flexibility index (Phi) is 10.2. The third-order valence-electron chi connectivity index (χ3n) is 5.32. The first-order chi connectivity index (χ1) is 16.1. The van der Waals surface area contributed by atoms with E-state index in [-0.39, 0.29) is 18.1 Å². The molecular weight excluding hydrogens is 478 g/mol. The zero-order chi connectivity index (χ0) is 25.3. The third-order valence-corrected chi connectivity index (χ3v) is 6.83. The lowest BCUT2D eigenvalue weighted by Gasteiger charge is -2.31. The van der Waals surface area contributed by atoms with Gasteiger partial charge in [0.05, 0.1) is 19.1 Å². The van der Waals surface area contributed by atoms with E-state index in [0.29, 0.717) is 22.9 Å². The lowest BCUT2D eigenvalue weighted by molar-refractivity contribution is -0.139. The van der Waals surface area contributed by atoms with Crippen LogP contribution in [0.5, 0.6) is 5.75 Å². The van der Waals surface area contributed by atoms with Crippen molar-refractivity contribution in [2.45, 2.75) is 39.3 Å². The molecule has 0 aliphatic heterocycles. The van der Waals surface area contributed by atoms with Gasteiger partial charge in [0.2, 0.25) is 21.8 Å². The van der Waals surface area contributed by atoms with E-state index in [1.54, 1.807) is 49.4 Å². The molecule has 0 spiro atoms. The normalized spacial score (nSPS) is 12.0. The van der Waals surface area contributed by atoms with Crippen molar-refractivity contribution < 1.29 is 22.7 Å². The van der Waals surface area contributed by atoms with Crippen LogP contribution in [0.4, 0.5) is 5.69 Å². The van der Waals surface area contributed by atoms with Crippen LogP contribution in [0.1, 0.15) is 32.3 Å². The van der Waals surface area contributed by atoms with Crippen LogP contribution in [-0.2, 0) is 26.2 Å². The number of carbonyl (C=O) groups excluding carboxylic acids is 2. The summed E-state index contributed by atoms with van der Waals surface area (Å²) < 4.78 is 31.4. The molecule has 34 heavy (non-hydrogen) atoms. The summed E-state index contributed by atoms with van der Waals surface area (Å²) in [5.74, 6) is -0.400. The quantitative estimate of drug-likeness (QED) is 0.442. The molecule has 1 N–H and O–H groups in total. The van der Waals surface area contributed by atoms with Crippen LogP contribution >= 0.6 is 11.6 Å². The first-order valence-electron chi connectivity index (χ1n) is 11.0. The Morgan fingerprint density at radius 2 is 1.85 bits per heavy atom. The predicted octanol–water partition coefficient (Wildman–Crippen LogP) is 3.45. The van der Waals surface area contributed by atoms with Crippen molar-refractivity contribution in [2.75, 3.05) is 30.8 Å². The highest BCUT2D eigenvalue weighted by atomic mass is 35.5. The molecule has 10 heteroatoms. The molecule has 0 saturated heterocycles. The summed E-state index contributed by atoms with van der Waals surface area (Å²) in [4.78, 5) is 27.6. The van der Waals surface area contributed by atoms with Crippen molar-refractivity contribution >= 4 is 39.1 Å². The minimum Gasteiger partial charge on any atom is -0.497 e. The maximum absolute atomic E-state index is 13.5. The monoisotopic (exact) mass is 509 g/mol. The number of benzene rings is 2. The number of methoxy groups -OCH3 is 1. The number of rotatable bonds is 12. The molecule has 0 radical (unpaired) electrons. The Balaban J connectivity index is 2.37. The topological polar surface area (TPSA) is 96.0 Å². The van der Waals surface area contributed by atoms with Crippen molar-refractivity contribution in [3.05, 3.63) is 59.1 Å². The SMILES string of the molecule is CCCCNC(=O)C(C)N(Cc1ccccc1Cl)C(=O)CN(c1cccc(OC)c1)S(C)(=O)=O. The largest absolute Gasteiger partial charge is 0.497 e. The Bertz CT molecular complexity index is 1090. The van der Waals surface area contributed by atoms with Crippen LogP contribution in [-0.4, -0.2) is 57.6 Å². The van der Waals surface area contributed by atoms with Crippen molar-refractivity contribution in [1.29, 1.82) is 0 Å². The van der Waals surface area contributed by atoms with Gasteiger partial charge in [0.25, 0.3) is 0 Å². The lowest BCUT2D eigenvalue weighted by atomic mass is 10.1. The molecular formula is C24H32ClN3O5S. The molecule has 0 aliphatic rings. The molecule has 0 fully saturated rings. The number of carbonyl (C=O) groups is 2. The molecule has 8 nitrogen and oxygen atoms in total. The van der Waals surface area contributed by atoms with Crippen LogP contribution in [0.25, 0.3) is 0 Å². The number of nitrogens with one attached hydrogen (secondary N) is 1. The molecule has 0 saturated carbocycles. The number of sulfonamides is 1. The van der Waals surface area contributed by atoms with E-state index < -0.39 is 28.5 Å². The van der Waals surface area contributed by atoms with Gasteiger partial charge in [0.15, 0.2) is 0 Å². The summed E-state index contributed by atoms with van der Waals surface area (Å²) in [7, 11) is -2.34. The summed E-state index contributed by atoms with van der Waals surface area (Å²) in [6.07, 6.45) is 2.76. The second kappa shape index (κ2) is 12.6. The molecule has 2 aromatic carbocycles. The van der Waals surface area contributed by atoms with Crippen molar-refractivity contribution in [3.63, 3.8) is 0 Å². The third kappa shape index (κ3) is 7.63. The number of anilines is 1. The van der Waals surface area contributed by atoms with Crippen molar-refractivity contribution in [2.24, 2.45) is 0 Å². The molecule has 1 unspecified atom stereocenters. The minimum absolute atomic E-state index is 0.0522. The van der Waals surface area contributed by atoms with E-state index in [1.165, 1.54) is 18.1 Å². The average molecular weight is 510 g/mol. The fraction of sp³-hybridized carbons (Fsp3) is 0.417. The van der Waals surface area contributed by atoms with Gasteiger partial charge in [-0.15, -0.1) is 0 Å². The standard InChI is InChI=1S/C24H32ClN3O5S/c1-5-6-14-26-24(30)18(2)27(16-19-10-7-8-13-22(19)25)23(29)17-28(34(4,31)32)20-11-9-12-21(15-20)33-3/h7-13,15,18H,5-6,14,16-17H2,1-4H3,(H,26,30). The second-order valence-electron chi connectivity index (χ2n) is 7.90. The number of halogens is 1. The molecule has 0 bridgehead atoms. The number of hydrogen-bond donors (Lipinski definition) is 1. The summed E-state index contributed by atoms with van der Waals surface area (Å²) in [5.41, 5.74) is 0.936. The lowest BCUT2D eigenvalue weighted by Crippen LogP contribution is -2.51. The van der Waals surface area contributed by atoms with E-state index in [1.807, 2.05) is 6.92 Å². The number of nitrogens with zero attached hydrogens (tertiary/aromatic N) is 2. The van der Waals surface area contributed by atoms with E-state index >= 15 is 0 Å². The minimum atomic E-state index is -3.81. The molecule has 0 heterocycles. The van der Waals surface area contributed by atoms with Gasteiger partial charge in [-0.05, 0) is 37.1 Å². The fourth-order valence-corrected chi connectivity index (χ4v) is 4.35. The Morgan fingerprint density at radius 1 is 1.15 bits per heavy atom. The molecule has 2 amide bonds. The van der Waals surface area contributed by atoms with E-state index in [4.69, 9.17) is 16.3 Å². The van der Waals surface area contributed by atoms with Gasteiger partial charge in [-0.3, -0.25) is 13.9 Å². The van der Waals surface area contributed by atoms with E-state index in [0.717, 1.165) is 23.4 Å². The van der Waals surface area contributed by atoms with Gasteiger partial charge in [-0.1, -0.05) is 49.2 Å². The number of hydrogen-bond acceptors (Lipinski definition) is 5. The van der Waals surface area contributed by atoms with Crippen molar-refractivity contribution in [1.82, 2.24) is 10.2 Å². The van der Waals surface area contributed by atoms with Gasteiger partial charge in [-0.25, -0.2) is 8.42 Å². The van der Waals surface area contributed by atoms with Crippen molar-refractivity contribution in [3.8, 4) is 5.75 Å². The van der Waals surface area contributed by atoms with E-state index in [2.05, 4.69) is 5.32 Å². The van der Waals surface area contributed by atoms with Gasteiger partial charge in [0, 0.05) is 24.2 Å². The Morgan fingerprint density at radius 3 is 2.47 bits per heavy atom. The average Bonchev–Trinajstić information content (AvgIpc) is 2.80. The highest BCUT2D eigenvalue weighted by Crippen LogP contribution is 2.24. The Labute approximate surface area is 206 Å². The van der Waals surface area contributed by atoms with Gasteiger partial charge < -0.3 is 15.0 Å². The first kappa shape index (κ1) is 27.5. The summed E-state index contributed by atoms with van der Waals surface area (Å²) in [6.45, 7) is 3.69. The zero-order valence-corrected chi connectivity index (χ0v) is 21.5. The smallest absolute Gasteiger partial charge is 0.244 e. The van der Waals surface area contributed by atoms with Crippen LogP contribution in [0.2, 0.25) is 5.02 Å². The van der Waals surface area contributed by atoms with Crippen LogP contribution in [0.15, 0.2) is 48.5 Å². The molecule has 2 rings (SSSR count). The summed E-state index contributed by atoms with van der Waals surface area (Å²) in [6, 6.07) is 12.6. The van der Waals surface area contributed by atoms with Gasteiger partial charge in [0.1, 0.15) is 18.3 Å². The van der Waals surface area contributed by atoms with Gasteiger partial charge in [-0.2, -0.15) is 0 Å². The molecule has 186 valence electrons. The first-order valence-corrected chi connectivity index (χ1v) is 13.2.